The highest BCUT2D eigenvalue weighted by atomic mass is 16.6. The summed E-state index contributed by atoms with van der Waals surface area (Å²) in [4.78, 5) is 39.2. The van der Waals surface area contributed by atoms with Gasteiger partial charge in [0.05, 0.1) is 41.1 Å². The second kappa shape index (κ2) is 15.2. The molecule has 1 atom stereocenters. The van der Waals surface area contributed by atoms with Gasteiger partial charge < -0.3 is 30.9 Å². The molecule has 0 aromatic heterocycles. The second-order valence-electron chi connectivity index (χ2n) is 10.6. The van der Waals surface area contributed by atoms with E-state index >= 15 is 0 Å². The molecule has 2 aliphatic rings. The molecule has 2 aliphatic heterocycles. The Labute approximate surface area is 246 Å². The van der Waals surface area contributed by atoms with Crippen molar-refractivity contribution in [2.45, 2.75) is 38.0 Å². The van der Waals surface area contributed by atoms with E-state index in [2.05, 4.69) is 39.8 Å². The zero-order valence-corrected chi connectivity index (χ0v) is 24.0. The lowest BCUT2D eigenvalue weighted by molar-refractivity contribution is -0.384. The fraction of sp³-hybridized carbons (Fsp3) is 0.419. The summed E-state index contributed by atoms with van der Waals surface area (Å²) < 4.78 is 5.77. The summed E-state index contributed by atoms with van der Waals surface area (Å²) in [5.74, 6) is 0.0187. The lowest BCUT2D eigenvalue weighted by Crippen LogP contribution is -2.40. The molecule has 11 heteroatoms. The van der Waals surface area contributed by atoms with Crippen LogP contribution < -0.4 is 16.4 Å². The molecule has 1 saturated heterocycles. The van der Waals surface area contributed by atoms with E-state index in [1.807, 2.05) is 13.0 Å². The molecule has 1 unspecified atom stereocenters. The van der Waals surface area contributed by atoms with Crippen LogP contribution in [0.1, 0.15) is 49.1 Å². The van der Waals surface area contributed by atoms with Crippen LogP contribution in [0.3, 0.4) is 0 Å². The Balaban J connectivity index is 1.54. The number of carbonyl (C=O) groups is 2. The van der Waals surface area contributed by atoms with Gasteiger partial charge in [0.25, 0.3) is 5.69 Å². The van der Waals surface area contributed by atoms with Crippen molar-refractivity contribution in [3.63, 3.8) is 0 Å². The molecule has 42 heavy (non-hydrogen) atoms. The minimum absolute atomic E-state index is 0.0430. The maximum absolute atomic E-state index is 12.6. The predicted molar refractivity (Wildman–Crippen MR) is 160 cm³/mol. The molecule has 4 rings (SSSR count). The monoisotopic (exact) mass is 576 g/mol. The molecule has 0 radical (unpaired) electrons. The molecule has 2 heterocycles. The first-order valence-electron chi connectivity index (χ1n) is 14.4. The van der Waals surface area contributed by atoms with Crippen LogP contribution in [0.4, 0.5) is 5.69 Å². The molecule has 0 bridgehead atoms. The van der Waals surface area contributed by atoms with Crippen LogP contribution in [-0.2, 0) is 14.3 Å². The van der Waals surface area contributed by atoms with Gasteiger partial charge in [0.15, 0.2) is 0 Å². The third-order valence-electron chi connectivity index (χ3n) is 7.94. The largest absolute Gasteiger partial charge is 0.374 e. The van der Waals surface area contributed by atoms with Gasteiger partial charge in [0.1, 0.15) is 0 Å². The van der Waals surface area contributed by atoms with Gasteiger partial charge in [0.2, 0.25) is 12.8 Å². The number of nitrogens with two attached hydrogens (primary N) is 1. The van der Waals surface area contributed by atoms with Gasteiger partial charge in [-0.15, -0.1) is 0 Å². The van der Waals surface area contributed by atoms with Gasteiger partial charge in [-0.2, -0.15) is 0 Å². The molecule has 11 nitrogen and oxygen atoms in total. The van der Waals surface area contributed by atoms with Crippen LogP contribution in [0.5, 0.6) is 0 Å². The quantitative estimate of drug-likeness (QED) is 0.127. The Morgan fingerprint density at radius 3 is 2.45 bits per heavy atom. The minimum Gasteiger partial charge on any atom is -0.374 e. The van der Waals surface area contributed by atoms with Crippen LogP contribution in [0, 0.1) is 10.1 Å². The Morgan fingerprint density at radius 1 is 1.12 bits per heavy atom. The maximum Gasteiger partial charge on any atom is 0.269 e. The Bertz CT molecular complexity index is 1270. The first-order chi connectivity index (χ1) is 20.5. The number of likely N-dealkylation sites (tertiary alicyclic amines) is 1. The first-order valence-corrected chi connectivity index (χ1v) is 14.4. The van der Waals surface area contributed by atoms with E-state index in [0.717, 1.165) is 45.3 Å². The summed E-state index contributed by atoms with van der Waals surface area (Å²) in [6.07, 6.45) is 4.36. The standard InChI is InChI=1S/C31H40N6O5/c1-23-30(33-21-38)29(26-8-10-27(11-9-26)37(40)41)31(28(34-23)20-42-19-14-32)36(22-39)16-5-15-35-17-12-25(13-18-35)24-6-3-2-4-7-24/h2-4,6-11,21-22,25,29,34H,5,12-20,32H2,1H3,(H,33,38). The van der Waals surface area contributed by atoms with Crippen molar-refractivity contribution >= 4 is 18.5 Å². The molecule has 4 N–H and O–H groups in total. The van der Waals surface area contributed by atoms with Crippen LogP contribution in [0.2, 0.25) is 0 Å². The highest BCUT2D eigenvalue weighted by Crippen LogP contribution is 2.39. The van der Waals surface area contributed by atoms with E-state index in [-0.39, 0.29) is 12.3 Å². The van der Waals surface area contributed by atoms with Crippen LogP contribution >= 0.6 is 0 Å². The van der Waals surface area contributed by atoms with E-state index in [4.69, 9.17) is 10.5 Å². The number of piperidine rings is 1. The van der Waals surface area contributed by atoms with Gasteiger partial charge in [0, 0.05) is 30.9 Å². The number of nitrogens with one attached hydrogen (secondary N) is 2. The summed E-state index contributed by atoms with van der Waals surface area (Å²) in [5.41, 5.74) is 10.3. The predicted octanol–water partition coefficient (Wildman–Crippen LogP) is 3.17. The van der Waals surface area contributed by atoms with Crippen LogP contribution in [0.15, 0.2) is 77.4 Å². The number of hydrogen-bond acceptors (Lipinski definition) is 8. The zero-order chi connectivity index (χ0) is 29.9. The molecule has 2 amide bonds. The molecule has 2 aromatic rings. The SMILES string of the molecule is CC1=C(NC=O)C(c2ccc([N+](=O)[O-])cc2)C(N(C=O)CCCN2CCC(c3ccccc3)CC2)=C(COCCN)N1. The smallest absolute Gasteiger partial charge is 0.269 e. The van der Waals surface area contributed by atoms with Crippen LogP contribution in [0.25, 0.3) is 0 Å². The van der Waals surface area contributed by atoms with Crippen molar-refractivity contribution in [3.05, 3.63) is 98.6 Å². The Kier molecular flexibility index (Phi) is 11.2. The molecule has 224 valence electrons. The number of amides is 2. The normalized spacial score (nSPS) is 18.0. The third-order valence-corrected chi connectivity index (χ3v) is 7.94. The van der Waals surface area contributed by atoms with Crippen molar-refractivity contribution in [2.24, 2.45) is 5.73 Å². The number of nitro benzene ring substituents is 1. The summed E-state index contributed by atoms with van der Waals surface area (Å²) in [6.45, 7) is 6.00. The van der Waals surface area contributed by atoms with Crippen molar-refractivity contribution < 1.29 is 19.2 Å². The first kappa shape index (κ1) is 30.9. The number of allylic oxidation sites excluding steroid dienone is 1. The molecule has 1 fully saturated rings. The average molecular weight is 577 g/mol. The zero-order valence-electron chi connectivity index (χ0n) is 24.0. The number of nitrogens with zero attached hydrogens (tertiary/aromatic N) is 3. The Hall–Kier alpha value is -4.06. The third kappa shape index (κ3) is 7.61. The highest BCUT2D eigenvalue weighted by Gasteiger charge is 2.34. The number of hydrogen-bond donors (Lipinski definition) is 3. The van der Waals surface area contributed by atoms with Gasteiger partial charge in [-0.05, 0) is 62.9 Å². The summed E-state index contributed by atoms with van der Waals surface area (Å²) in [5, 5.41) is 17.4. The van der Waals surface area contributed by atoms with Crippen molar-refractivity contribution in [1.29, 1.82) is 0 Å². The van der Waals surface area contributed by atoms with E-state index in [9.17, 15) is 19.7 Å². The maximum atomic E-state index is 12.6. The lowest BCUT2D eigenvalue weighted by Gasteiger charge is -2.37. The number of ether oxygens (including phenoxy) is 1. The fourth-order valence-corrected chi connectivity index (χ4v) is 5.87. The van der Waals surface area contributed by atoms with Crippen molar-refractivity contribution in [3.8, 4) is 0 Å². The molecule has 0 aliphatic carbocycles. The molecule has 0 saturated carbocycles. The minimum atomic E-state index is -0.555. The second-order valence-corrected chi connectivity index (χ2v) is 10.6. The molecule has 2 aromatic carbocycles. The number of carbonyl (C=O) groups excluding carboxylic acids is 2. The van der Waals surface area contributed by atoms with Crippen molar-refractivity contribution in [1.82, 2.24) is 20.4 Å². The number of benzene rings is 2. The average Bonchev–Trinajstić information content (AvgIpc) is 3.01. The van der Waals surface area contributed by atoms with Crippen molar-refractivity contribution in [2.75, 3.05) is 45.9 Å². The van der Waals surface area contributed by atoms with Gasteiger partial charge >= 0.3 is 0 Å². The van der Waals surface area contributed by atoms with E-state index < -0.39 is 10.8 Å². The molecule has 0 spiro atoms. The summed E-state index contributed by atoms with van der Waals surface area (Å²) >= 11 is 0. The van der Waals surface area contributed by atoms with E-state index in [1.54, 1.807) is 17.0 Å². The molecular formula is C31H40N6O5. The van der Waals surface area contributed by atoms with Crippen LogP contribution in [-0.4, -0.2) is 73.5 Å². The van der Waals surface area contributed by atoms with Gasteiger partial charge in [-0.1, -0.05) is 42.5 Å². The highest BCUT2D eigenvalue weighted by molar-refractivity contribution is 5.60. The topological polar surface area (TPSA) is 143 Å². The fourth-order valence-electron chi connectivity index (χ4n) is 5.87. The lowest BCUT2D eigenvalue weighted by atomic mass is 9.86. The summed E-state index contributed by atoms with van der Waals surface area (Å²) in [6, 6.07) is 16.8. The van der Waals surface area contributed by atoms with E-state index in [1.165, 1.54) is 17.7 Å². The van der Waals surface area contributed by atoms with Gasteiger partial charge in [-0.25, -0.2) is 0 Å². The number of nitro groups is 1. The number of dihydropyridines is 1. The summed E-state index contributed by atoms with van der Waals surface area (Å²) in [7, 11) is 0. The molecular weight excluding hydrogens is 536 g/mol. The van der Waals surface area contributed by atoms with Gasteiger partial charge in [-0.3, -0.25) is 19.7 Å². The van der Waals surface area contributed by atoms with E-state index in [0.29, 0.717) is 60.4 Å². The Morgan fingerprint density at radius 2 is 1.83 bits per heavy atom. The number of non-ortho nitro benzene ring substituents is 1. The number of rotatable bonds is 15.